The second-order valence-corrected chi connectivity index (χ2v) is 6.46. The molecule has 27 heavy (non-hydrogen) atoms. The van der Waals surface area contributed by atoms with Crippen LogP contribution >= 0.6 is 0 Å². The summed E-state index contributed by atoms with van der Waals surface area (Å²) in [5, 5.41) is 2.42. The monoisotopic (exact) mass is 354 g/mol. The van der Waals surface area contributed by atoms with Crippen molar-refractivity contribution >= 4 is 10.8 Å². The number of hydrogen-bond acceptors (Lipinski definition) is 2. The molecule has 2 nitrogen and oxygen atoms in total. The van der Waals surface area contributed by atoms with Crippen LogP contribution in [0.5, 0.6) is 11.5 Å². The molecular weight excluding hydrogens is 332 g/mol. The standard InChI is InChI=1S/C25H22O2/c1-2-26-24-13-10-21(11-14-24)22-9-5-6-19(16-22)18-27-25-15-12-20-7-3-4-8-23(20)17-25/h3-17H,2,18H2,1H3. The van der Waals surface area contributed by atoms with E-state index in [1.807, 2.05) is 31.2 Å². The molecule has 0 heterocycles. The van der Waals surface area contributed by atoms with Crippen LogP contribution in [0.1, 0.15) is 12.5 Å². The second-order valence-electron chi connectivity index (χ2n) is 6.46. The van der Waals surface area contributed by atoms with Gasteiger partial charge in [0.2, 0.25) is 0 Å². The molecule has 4 aromatic rings. The number of rotatable bonds is 6. The molecule has 0 radical (unpaired) electrons. The third-order valence-corrected chi connectivity index (χ3v) is 4.55. The maximum absolute atomic E-state index is 6.02. The van der Waals surface area contributed by atoms with E-state index in [0.29, 0.717) is 13.2 Å². The lowest BCUT2D eigenvalue weighted by atomic mass is 10.0. The highest BCUT2D eigenvalue weighted by Crippen LogP contribution is 2.25. The summed E-state index contributed by atoms with van der Waals surface area (Å²) < 4.78 is 11.5. The molecule has 0 aliphatic heterocycles. The third kappa shape index (κ3) is 4.12. The van der Waals surface area contributed by atoms with Crippen molar-refractivity contribution in [2.24, 2.45) is 0 Å². The molecule has 0 aliphatic carbocycles. The predicted molar refractivity (Wildman–Crippen MR) is 111 cm³/mol. The second kappa shape index (κ2) is 7.96. The summed E-state index contributed by atoms with van der Waals surface area (Å²) in [4.78, 5) is 0. The molecule has 0 aliphatic rings. The third-order valence-electron chi connectivity index (χ3n) is 4.55. The van der Waals surface area contributed by atoms with Gasteiger partial charge < -0.3 is 9.47 Å². The van der Waals surface area contributed by atoms with Gasteiger partial charge in [-0.1, -0.05) is 60.7 Å². The van der Waals surface area contributed by atoms with E-state index in [4.69, 9.17) is 9.47 Å². The zero-order valence-corrected chi connectivity index (χ0v) is 15.4. The zero-order valence-electron chi connectivity index (χ0n) is 15.4. The summed E-state index contributed by atoms with van der Waals surface area (Å²) in [6.45, 7) is 3.22. The Labute approximate surface area is 160 Å². The number of fused-ring (bicyclic) bond motifs is 1. The van der Waals surface area contributed by atoms with E-state index in [1.165, 1.54) is 21.9 Å². The molecule has 0 spiro atoms. The number of benzene rings is 4. The molecule has 0 saturated carbocycles. The van der Waals surface area contributed by atoms with E-state index >= 15 is 0 Å². The summed E-state index contributed by atoms with van der Waals surface area (Å²) in [5.41, 5.74) is 3.50. The predicted octanol–water partition coefficient (Wildman–Crippen LogP) is 6.48. The molecule has 2 heteroatoms. The van der Waals surface area contributed by atoms with Gasteiger partial charge in [0.05, 0.1) is 6.61 Å². The molecule has 4 rings (SSSR count). The first kappa shape index (κ1) is 17.2. The van der Waals surface area contributed by atoms with Gasteiger partial charge in [-0.3, -0.25) is 0 Å². The average molecular weight is 354 g/mol. The molecular formula is C25H22O2. The van der Waals surface area contributed by atoms with Crippen molar-refractivity contribution in [3.05, 3.63) is 96.6 Å². The van der Waals surface area contributed by atoms with Crippen molar-refractivity contribution in [2.45, 2.75) is 13.5 Å². The lowest BCUT2D eigenvalue weighted by Gasteiger charge is -2.10. The summed E-state index contributed by atoms with van der Waals surface area (Å²) >= 11 is 0. The lowest BCUT2D eigenvalue weighted by molar-refractivity contribution is 0.306. The van der Waals surface area contributed by atoms with Crippen LogP contribution in [0.15, 0.2) is 91.0 Å². The molecule has 0 N–H and O–H groups in total. The minimum atomic E-state index is 0.545. The molecule has 0 unspecified atom stereocenters. The van der Waals surface area contributed by atoms with Crippen LogP contribution in [0.3, 0.4) is 0 Å². The largest absolute Gasteiger partial charge is 0.494 e. The Morgan fingerprint density at radius 2 is 1.37 bits per heavy atom. The van der Waals surface area contributed by atoms with Crippen LogP contribution in [0.2, 0.25) is 0 Å². The Hall–Kier alpha value is -3.26. The summed E-state index contributed by atoms with van der Waals surface area (Å²) in [5.74, 6) is 1.79. The molecule has 0 saturated heterocycles. The molecule has 134 valence electrons. The van der Waals surface area contributed by atoms with E-state index < -0.39 is 0 Å². The Bertz CT molecular complexity index is 1040. The summed E-state index contributed by atoms with van der Waals surface area (Å²) in [7, 11) is 0. The Morgan fingerprint density at radius 1 is 0.593 bits per heavy atom. The van der Waals surface area contributed by atoms with Gasteiger partial charge in [0.15, 0.2) is 0 Å². The normalized spacial score (nSPS) is 10.7. The Balaban J connectivity index is 1.48. The minimum Gasteiger partial charge on any atom is -0.494 e. The van der Waals surface area contributed by atoms with E-state index in [-0.39, 0.29) is 0 Å². The molecule has 0 bridgehead atoms. The van der Waals surface area contributed by atoms with Crippen molar-refractivity contribution in [1.29, 1.82) is 0 Å². The SMILES string of the molecule is CCOc1ccc(-c2cccc(COc3ccc4ccccc4c3)c2)cc1. The highest BCUT2D eigenvalue weighted by atomic mass is 16.5. The van der Waals surface area contributed by atoms with E-state index in [9.17, 15) is 0 Å². The lowest BCUT2D eigenvalue weighted by Crippen LogP contribution is -1.96. The fourth-order valence-electron chi connectivity index (χ4n) is 3.17. The topological polar surface area (TPSA) is 18.5 Å². The Kier molecular flexibility index (Phi) is 5.06. The summed E-state index contributed by atoms with van der Waals surface area (Å²) in [6, 6.07) is 31.2. The first-order chi connectivity index (χ1) is 13.3. The highest BCUT2D eigenvalue weighted by molar-refractivity contribution is 5.83. The number of hydrogen-bond donors (Lipinski definition) is 0. The van der Waals surface area contributed by atoms with Crippen LogP contribution in [0.25, 0.3) is 21.9 Å². The minimum absolute atomic E-state index is 0.545. The van der Waals surface area contributed by atoms with Gasteiger partial charge in [0.25, 0.3) is 0 Å². The molecule has 0 fully saturated rings. The maximum Gasteiger partial charge on any atom is 0.120 e. The molecule has 4 aromatic carbocycles. The van der Waals surface area contributed by atoms with Crippen LogP contribution < -0.4 is 9.47 Å². The molecule has 0 amide bonds. The van der Waals surface area contributed by atoms with Crippen molar-refractivity contribution in [3.8, 4) is 22.6 Å². The quantitative estimate of drug-likeness (QED) is 0.394. The van der Waals surface area contributed by atoms with Gasteiger partial charge in [-0.25, -0.2) is 0 Å². The molecule has 0 aromatic heterocycles. The van der Waals surface area contributed by atoms with Crippen molar-refractivity contribution < 1.29 is 9.47 Å². The van der Waals surface area contributed by atoms with Crippen LogP contribution in [-0.2, 0) is 6.61 Å². The Morgan fingerprint density at radius 3 is 2.19 bits per heavy atom. The first-order valence-corrected chi connectivity index (χ1v) is 9.25. The van der Waals surface area contributed by atoms with Crippen LogP contribution in [0.4, 0.5) is 0 Å². The van der Waals surface area contributed by atoms with Crippen LogP contribution in [0, 0.1) is 0 Å². The van der Waals surface area contributed by atoms with Gasteiger partial charge in [-0.15, -0.1) is 0 Å². The van der Waals surface area contributed by atoms with Crippen molar-refractivity contribution in [2.75, 3.05) is 6.61 Å². The van der Waals surface area contributed by atoms with E-state index in [2.05, 4.69) is 66.7 Å². The molecule has 0 atom stereocenters. The summed E-state index contributed by atoms with van der Waals surface area (Å²) in [6.07, 6.45) is 0. The van der Waals surface area contributed by atoms with Gasteiger partial charge in [0, 0.05) is 0 Å². The van der Waals surface area contributed by atoms with E-state index in [1.54, 1.807) is 0 Å². The van der Waals surface area contributed by atoms with Crippen LogP contribution in [-0.4, -0.2) is 6.61 Å². The average Bonchev–Trinajstić information content (AvgIpc) is 2.73. The zero-order chi connectivity index (χ0) is 18.5. The van der Waals surface area contributed by atoms with Gasteiger partial charge >= 0.3 is 0 Å². The van der Waals surface area contributed by atoms with Crippen molar-refractivity contribution in [3.63, 3.8) is 0 Å². The highest BCUT2D eigenvalue weighted by Gasteiger charge is 2.02. The van der Waals surface area contributed by atoms with Gasteiger partial charge in [0.1, 0.15) is 18.1 Å². The fraction of sp³-hybridized carbons (Fsp3) is 0.120. The maximum atomic E-state index is 6.02. The number of ether oxygens (including phenoxy) is 2. The first-order valence-electron chi connectivity index (χ1n) is 9.25. The van der Waals surface area contributed by atoms with Gasteiger partial charge in [-0.05, 0) is 64.7 Å². The smallest absolute Gasteiger partial charge is 0.120 e. The fourth-order valence-corrected chi connectivity index (χ4v) is 3.17. The van der Waals surface area contributed by atoms with E-state index in [0.717, 1.165) is 17.1 Å². The van der Waals surface area contributed by atoms with Gasteiger partial charge in [-0.2, -0.15) is 0 Å². The van der Waals surface area contributed by atoms with Crippen molar-refractivity contribution in [1.82, 2.24) is 0 Å².